The molecule has 0 saturated heterocycles. The molecule has 2 aliphatic rings. The monoisotopic (exact) mass is 459 g/mol. The van der Waals surface area contributed by atoms with Crippen molar-refractivity contribution in [1.29, 1.82) is 0 Å². The van der Waals surface area contributed by atoms with Crippen LogP contribution in [0.1, 0.15) is 48.0 Å². The minimum absolute atomic E-state index is 0.177. The number of amides is 2. The molecule has 32 heavy (non-hydrogen) atoms. The van der Waals surface area contributed by atoms with Crippen molar-refractivity contribution >= 4 is 33.0 Å². The first-order chi connectivity index (χ1) is 15.3. The topological polar surface area (TPSA) is 104 Å². The van der Waals surface area contributed by atoms with E-state index < -0.39 is 33.4 Å². The molecule has 1 aliphatic heterocycles. The largest absolute Gasteiger partial charge is 0.371 e. The summed E-state index contributed by atoms with van der Waals surface area (Å²) < 4.78 is 38.2. The van der Waals surface area contributed by atoms with Crippen LogP contribution in [-0.2, 0) is 20.4 Å². The van der Waals surface area contributed by atoms with Gasteiger partial charge < -0.3 is 16.0 Å². The summed E-state index contributed by atoms with van der Waals surface area (Å²) in [5.41, 5.74) is 1.90. The van der Waals surface area contributed by atoms with E-state index in [1.54, 1.807) is 18.2 Å². The minimum atomic E-state index is -3.63. The summed E-state index contributed by atoms with van der Waals surface area (Å²) in [6, 6.07) is 9.37. The second kappa shape index (κ2) is 9.28. The summed E-state index contributed by atoms with van der Waals surface area (Å²) in [4.78, 5) is 25.1. The predicted octanol–water partition coefficient (Wildman–Crippen LogP) is 3.24. The SMILES string of the molecule is O=C(NC1CCCCC1)c1ccc2c(c1)NC(=O)[C@@H](CS(=O)(=O)Cc1ccc(F)cc1)N2. The fraction of sp³-hybridized carbons (Fsp3) is 0.391. The van der Waals surface area contributed by atoms with Crippen LogP contribution < -0.4 is 16.0 Å². The number of fused-ring (bicyclic) bond motifs is 1. The van der Waals surface area contributed by atoms with Gasteiger partial charge in [0.05, 0.1) is 22.9 Å². The summed E-state index contributed by atoms with van der Waals surface area (Å²) in [5, 5.41) is 8.71. The van der Waals surface area contributed by atoms with Crippen LogP contribution in [0.5, 0.6) is 0 Å². The Hall–Kier alpha value is -2.94. The molecular weight excluding hydrogens is 433 g/mol. The average molecular weight is 460 g/mol. The Morgan fingerprint density at radius 1 is 1.03 bits per heavy atom. The van der Waals surface area contributed by atoms with Gasteiger partial charge in [0, 0.05) is 11.6 Å². The van der Waals surface area contributed by atoms with Crippen LogP contribution in [0.3, 0.4) is 0 Å². The maximum Gasteiger partial charge on any atom is 0.251 e. The number of nitrogens with one attached hydrogen (secondary N) is 3. The lowest BCUT2D eigenvalue weighted by Crippen LogP contribution is -2.44. The Morgan fingerprint density at radius 2 is 1.75 bits per heavy atom. The Kier molecular flexibility index (Phi) is 6.45. The lowest BCUT2D eigenvalue weighted by Gasteiger charge is -2.27. The first kappa shape index (κ1) is 22.3. The molecule has 2 aromatic carbocycles. The van der Waals surface area contributed by atoms with Crippen LogP contribution in [-0.4, -0.2) is 38.1 Å². The van der Waals surface area contributed by atoms with Crippen molar-refractivity contribution in [3.63, 3.8) is 0 Å². The molecule has 0 unspecified atom stereocenters. The molecule has 2 amide bonds. The van der Waals surface area contributed by atoms with Gasteiger partial charge in [-0.1, -0.05) is 31.4 Å². The fourth-order valence-electron chi connectivity index (χ4n) is 4.17. The van der Waals surface area contributed by atoms with Crippen molar-refractivity contribution in [2.45, 2.75) is 49.9 Å². The zero-order chi connectivity index (χ0) is 22.7. The van der Waals surface area contributed by atoms with E-state index in [1.807, 2.05) is 0 Å². The van der Waals surface area contributed by atoms with Crippen LogP contribution in [0.25, 0.3) is 0 Å². The van der Waals surface area contributed by atoms with E-state index >= 15 is 0 Å². The average Bonchev–Trinajstić information content (AvgIpc) is 2.76. The third-order valence-corrected chi connectivity index (χ3v) is 7.46. The normalized spacial score (nSPS) is 18.9. The molecule has 7 nitrogen and oxygen atoms in total. The number of rotatable bonds is 6. The van der Waals surface area contributed by atoms with Crippen molar-refractivity contribution < 1.29 is 22.4 Å². The van der Waals surface area contributed by atoms with Gasteiger partial charge in [0.1, 0.15) is 11.9 Å². The smallest absolute Gasteiger partial charge is 0.251 e. The lowest BCUT2D eigenvalue weighted by molar-refractivity contribution is -0.116. The quantitative estimate of drug-likeness (QED) is 0.615. The number of hydrogen-bond donors (Lipinski definition) is 3. The second-order valence-corrected chi connectivity index (χ2v) is 10.5. The molecule has 9 heteroatoms. The molecular formula is C23H26FN3O4S. The number of hydrogen-bond acceptors (Lipinski definition) is 5. The van der Waals surface area contributed by atoms with Crippen LogP contribution in [0.2, 0.25) is 0 Å². The maximum absolute atomic E-state index is 13.0. The fourth-order valence-corrected chi connectivity index (χ4v) is 5.73. The number of anilines is 2. The first-order valence-corrected chi connectivity index (χ1v) is 12.6. The van der Waals surface area contributed by atoms with Crippen LogP contribution in [0, 0.1) is 5.82 Å². The summed E-state index contributed by atoms with van der Waals surface area (Å²) >= 11 is 0. The van der Waals surface area contributed by atoms with Gasteiger partial charge in [-0.2, -0.15) is 0 Å². The molecule has 1 atom stereocenters. The van der Waals surface area contributed by atoms with Gasteiger partial charge in [0.25, 0.3) is 5.91 Å². The van der Waals surface area contributed by atoms with Gasteiger partial charge in [0.15, 0.2) is 9.84 Å². The highest BCUT2D eigenvalue weighted by atomic mass is 32.2. The summed E-state index contributed by atoms with van der Waals surface area (Å²) in [7, 11) is -3.63. The molecule has 0 radical (unpaired) electrons. The predicted molar refractivity (Wildman–Crippen MR) is 121 cm³/mol. The van der Waals surface area contributed by atoms with E-state index in [1.165, 1.54) is 30.7 Å². The molecule has 4 rings (SSSR count). The van der Waals surface area contributed by atoms with E-state index in [0.29, 0.717) is 22.5 Å². The highest BCUT2D eigenvalue weighted by molar-refractivity contribution is 7.90. The van der Waals surface area contributed by atoms with Crippen LogP contribution in [0.4, 0.5) is 15.8 Å². The number of carbonyl (C=O) groups is 2. The third-order valence-electron chi connectivity index (χ3n) is 5.85. The minimum Gasteiger partial charge on any atom is -0.371 e. The molecule has 0 bridgehead atoms. The van der Waals surface area contributed by atoms with Crippen molar-refractivity contribution in [1.82, 2.24) is 5.32 Å². The molecule has 0 spiro atoms. The van der Waals surface area contributed by atoms with Gasteiger partial charge in [-0.05, 0) is 48.7 Å². The Morgan fingerprint density at radius 3 is 2.47 bits per heavy atom. The molecule has 2 aromatic rings. The molecule has 1 fully saturated rings. The van der Waals surface area contributed by atoms with E-state index in [4.69, 9.17) is 0 Å². The number of benzene rings is 2. The summed E-state index contributed by atoms with van der Waals surface area (Å²) in [5.74, 6) is -1.79. The number of sulfone groups is 1. The molecule has 1 saturated carbocycles. The molecule has 1 aliphatic carbocycles. The summed E-state index contributed by atoms with van der Waals surface area (Å²) in [6.45, 7) is 0. The Balaban J connectivity index is 1.41. The maximum atomic E-state index is 13.0. The summed E-state index contributed by atoms with van der Waals surface area (Å²) in [6.07, 6.45) is 5.37. The van der Waals surface area contributed by atoms with E-state index in [0.717, 1.165) is 25.7 Å². The Bertz CT molecular complexity index is 1110. The van der Waals surface area contributed by atoms with Gasteiger partial charge in [-0.15, -0.1) is 0 Å². The molecule has 0 aromatic heterocycles. The van der Waals surface area contributed by atoms with Gasteiger partial charge in [-0.3, -0.25) is 9.59 Å². The van der Waals surface area contributed by atoms with Crippen molar-refractivity contribution in [2.24, 2.45) is 0 Å². The van der Waals surface area contributed by atoms with E-state index in [9.17, 15) is 22.4 Å². The molecule has 1 heterocycles. The van der Waals surface area contributed by atoms with Crippen molar-refractivity contribution in [2.75, 3.05) is 16.4 Å². The van der Waals surface area contributed by atoms with Gasteiger partial charge in [0.2, 0.25) is 5.91 Å². The van der Waals surface area contributed by atoms with Crippen molar-refractivity contribution in [3.8, 4) is 0 Å². The molecule has 170 valence electrons. The second-order valence-electron chi connectivity index (χ2n) is 8.44. The van der Waals surface area contributed by atoms with Crippen LogP contribution >= 0.6 is 0 Å². The number of carbonyl (C=O) groups excluding carboxylic acids is 2. The van der Waals surface area contributed by atoms with Gasteiger partial charge >= 0.3 is 0 Å². The van der Waals surface area contributed by atoms with Crippen molar-refractivity contribution in [3.05, 3.63) is 59.4 Å². The standard InChI is InChI=1S/C23H26FN3O4S/c24-17-9-6-15(7-10-17)13-32(30,31)14-21-23(29)27-20-12-16(8-11-19(20)26-21)22(28)25-18-4-2-1-3-5-18/h6-12,18,21,26H,1-5,13-14H2,(H,25,28)(H,27,29)/t21-/m1/s1. The number of halogens is 1. The third kappa shape index (κ3) is 5.45. The van der Waals surface area contributed by atoms with Gasteiger partial charge in [-0.25, -0.2) is 12.8 Å². The highest BCUT2D eigenvalue weighted by Gasteiger charge is 2.31. The lowest BCUT2D eigenvalue weighted by atomic mass is 9.95. The van der Waals surface area contributed by atoms with E-state index in [2.05, 4.69) is 16.0 Å². The first-order valence-electron chi connectivity index (χ1n) is 10.8. The Labute approximate surface area is 186 Å². The zero-order valence-electron chi connectivity index (χ0n) is 17.6. The van der Waals surface area contributed by atoms with Crippen LogP contribution in [0.15, 0.2) is 42.5 Å². The highest BCUT2D eigenvalue weighted by Crippen LogP contribution is 2.29. The molecule has 3 N–H and O–H groups in total. The zero-order valence-corrected chi connectivity index (χ0v) is 18.4. The van der Waals surface area contributed by atoms with E-state index in [-0.39, 0.29) is 17.7 Å².